The lowest BCUT2D eigenvalue weighted by molar-refractivity contribution is -0.135. The van der Waals surface area contributed by atoms with Crippen molar-refractivity contribution in [2.75, 3.05) is 13.2 Å². The lowest BCUT2D eigenvalue weighted by Crippen LogP contribution is -2.48. The molecule has 1 saturated heterocycles. The third-order valence-electron chi connectivity index (χ3n) is 3.30. The topological polar surface area (TPSA) is 49.4 Å². The van der Waals surface area contributed by atoms with Crippen LogP contribution in [0.4, 0.5) is 4.39 Å². The van der Waals surface area contributed by atoms with Crippen molar-refractivity contribution in [2.45, 2.75) is 38.3 Å². The molecule has 0 aromatic heterocycles. The molecule has 4 nitrogen and oxygen atoms in total. The number of hydrogen-bond donors (Lipinski definition) is 1. The molecule has 0 radical (unpaired) electrons. The van der Waals surface area contributed by atoms with Crippen LogP contribution in [0.1, 0.15) is 26.2 Å². The monoisotopic (exact) mass is 228 g/mol. The van der Waals surface area contributed by atoms with Crippen molar-refractivity contribution in [2.24, 2.45) is 5.92 Å². The van der Waals surface area contributed by atoms with E-state index in [2.05, 4.69) is 5.32 Å². The zero-order valence-electron chi connectivity index (χ0n) is 9.41. The SMILES string of the molecule is CC1CC(=O)NC(C2CC2)C(=O)N1CCF. The highest BCUT2D eigenvalue weighted by molar-refractivity contribution is 5.91. The Morgan fingerprint density at radius 3 is 2.69 bits per heavy atom. The lowest BCUT2D eigenvalue weighted by Gasteiger charge is -2.27. The molecule has 5 heteroatoms. The summed E-state index contributed by atoms with van der Waals surface area (Å²) in [6.45, 7) is 1.34. The Balaban J connectivity index is 2.15. The highest BCUT2D eigenvalue weighted by Crippen LogP contribution is 2.34. The van der Waals surface area contributed by atoms with Crippen LogP contribution in [0.25, 0.3) is 0 Å². The summed E-state index contributed by atoms with van der Waals surface area (Å²) in [5.74, 6) is 0.0569. The Morgan fingerprint density at radius 2 is 2.12 bits per heavy atom. The van der Waals surface area contributed by atoms with Crippen molar-refractivity contribution < 1.29 is 14.0 Å². The van der Waals surface area contributed by atoms with E-state index in [-0.39, 0.29) is 36.7 Å². The Kier molecular flexibility index (Phi) is 3.12. The number of carbonyl (C=O) groups is 2. The molecular weight excluding hydrogens is 211 g/mol. The predicted octanol–water partition coefficient (Wildman–Crippen LogP) is 0.472. The summed E-state index contributed by atoms with van der Waals surface area (Å²) in [5.41, 5.74) is 0. The molecule has 1 saturated carbocycles. The van der Waals surface area contributed by atoms with Crippen LogP contribution in [0.3, 0.4) is 0 Å². The molecule has 1 aliphatic carbocycles. The van der Waals surface area contributed by atoms with Gasteiger partial charge in [0, 0.05) is 19.0 Å². The first-order valence-corrected chi connectivity index (χ1v) is 5.79. The second-order valence-electron chi connectivity index (χ2n) is 4.66. The maximum absolute atomic E-state index is 12.4. The minimum Gasteiger partial charge on any atom is -0.344 e. The molecule has 1 heterocycles. The molecule has 1 N–H and O–H groups in total. The number of carbonyl (C=O) groups excluding carboxylic acids is 2. The second kappa shape index (κ2) is 4.39. The molecule has 2 aliphatic rings. The number of alkyl halides is 1. The van der Waals surface area contributed by atoms with E-state index in [1.54, 1.807) is 6.92 Å². The van der Waals surface area contributed by atoms with E-state index in [9.17, 15) is 14.0 Å². The fourth-order valence-corrected chi connectivity index (χ4v) is 2.24. The molecule has 2 fully saturated rings. The van der Waals surface area contributed by atoms with Gasteiger partial charge in [0.25, 0.3) is 0 Å². The summed E-state index contributed by atoms with van der Waals surface area (Å²) in [7, 11) is 0. The molecule has 0 bridgehead atoms. The van der Waals surface area contributed by atoms with Crippen molar-refractivity contribution in [1.29, 1.82) is 0 Å². The number of hydrogen-bond acceptors (Lipinski definition) is 2. The van der Waals surface area contributed by atoms with Crippen LogP contribution in [0.15, 0.2) is 0 Å². The van der Waals surface area contributed by atoms with Gasteiger partial charge in [0.1, 0.15) is 12.7 Å². The molecular formula is C11H17FN2O2. The number of rotatable bonds is 3. The number of nitrogens with zero attached hydrogens (tertiary/aromatic N) is 1. The van der Waals surface area contributed by atoms with Gasteiger partial charge in [-0.15, -0.1) is 0 Å². The van der Waals surface area contributed by atoms with Crippen LogP contribution in [0.5, 0.6) is 0 Å². The van der Waals surface area contributed by atoms with Crippen LogP contribution in [0.2, 0.25) is 0 Å². The molecule has 0 aromatic carbocycles. The van der Waals surface area contributed by atoms with Crippen molar-refractivity contribution in [3.8, 4) is 0 Å². The van der Waals surface area contributed by atoms with Crippen molar-refractivity contribution >= 4 is 11.8 Å². The first kappa shape index (κ1) is 11.4. The zero-order chi connectivity index (χ0) is 11.7. The minimum atomic E-state index is -0.554. The van der Waals surface area contributed by atoms with Gasteiger partial charge in [-0.25, -0.2) is 4.39 Å². The summed E-state index contributed by atoms with van der Waals surface area (Å²) in [5, 5.41) is 2.76. The number of amides is 2. The Morgan fingerprint density at radius 1 is 1.44 bits per heavy atom. The fourth-order valence-electron chi connectivity index (χ4n) is 2.24. The normalized spacial score (nSPS) is 31.2. The Labute approximate surface area is 94.2 Å². The molecule has 2 unspecified atom stereocenters. The summed E-state index contributed by atoms with van der Waals surface area (Å²) < 4.78 is 12.4. The highest BCUT2D eigenvalue weighted by Gasteiger charge is 2.42. The quantitative estimate of drug-likeness (QED) is 0.763. The minimum absolute atomic E-state index is 0.0954. The van der Waals surface area contributed by atoms with E-state index in [0.717, 1.165) is 12.8 Å². The van der Waals surface area contributed by atoms with Gasteiger partial charge in [-0.3, -0.25) is 9.59 Å². The van der Waals surface area contributed by atoms with Crippen LogP contribution in [-0.4, -0.2) is 42.0 Å². The average molecular weight is 228 g/mol. The standard InChI is InChI=1S/C11H17FN2O2/c1-7-6-9(15)13-10(8-2-3-8)11(16)14(7)5-4-12/h7-8,10H,2-6H2,1H3,(H,13,15). The van der Waals surface area contributed by atoms with E-state index in [1.165, 1.54) is 4.90 Å². The van der Waals surface area contributed by atoms with E-state index in [4.69, 9.17) is 0 Å². The van der Waals surface area contributed by atoms with E-state index >= 15 is 0 Å². The van der Waals surface area contributed by atoms with Crippen molar-refractivity contribution in [3.05, 3.63) is 0 Å². The third kappa shape index (κ3) is 2.18. The largest absolute Gasteiger partial charge is 0.344 e. The maximum Gasteiger partial charge on any atom is 0.245 e. The van der Waals surface area contributed by atoms with Gasteiger partial charge in [0.05, 0.1) is 0 Å². The van der Waals surface area contributed by atoms with Gasteiger partial charge in [-0.05, 0) is 25.7 Å². The number of nitrogens with one attached hydrogen (secondary N) is 1. The molecule has 16 heavy (non-hydrogen) atoms. The van der Waals surface area contributed by atoms with Gasteiger partial charge < -0.3 is 10.2 Å². The molecule has 1 aliphatic heterocycles. The van der Waals surface area contributed by atoms with E-state index < -0.39 is 12.7 Å². The van der Waals surface area contributed by atoms with Gasteiger partial charge >= 0.3 is 0 Å². The van der Waals surface area contributed by atoms with Crippen LogP contribution in [0, 0.1) is 5.92 Å². The second-order valence-corrected chi connectivity index (χ2v) is 4.66. The van der Waals surface area contributed by atoms with Gasteiger partial charge in [-0.1, -0.05) is 0 Å². The van der Waals surface area contributed by atoms with Gasteiger partial charge in [0.15, 0.2) is 0 Å². The Hall–Kier alpha value is -1.13. The van der Waals surface area contributed by atoms with Crippen LogP contribution >= 0.6 is 0 Å². The zero-order valence-corrected chi connectivity index (χ0v) is 9.41. The molecule has 0 aromatic rings. The molecule has 2 amide bonds. The van der Waals surface area contributed by atoms with Crippen molar-refractivity contribution in [1.82, 2.24) is 10.2 Å². The fraction of sp³-hybridized carbons (Fsp3) is 0.818. The first-order valence-electron chi connectivity index (χ1n) is 5.79. The highest BCUT2D eigenvalue weighted by atomic mass is 19.1. The Bertz CT molecular complexity index is 304. The van der Waals surface area contributed by atoms with Gasteiger partial charge in [-0.2, -0.15) is 0 Å². The maximum atomic E-state index is 12.4. The summed E-state index contributed by atoms with van der Waals surface area (Å²) in [6.07, 6.45) is 2.23. The predicted molar refractivity (Wildman–Crippen MR) is 56.4 cm³/mol. The van der Waals surface area contributed by atoms with Crippen LogP contribution < -0.4 is 5.32 Å². The number of halogens is 1. The molecule has 2 rings (SSSR count). The third-order valence-corrected chi connectivity index (χ3v) is 3.30. The van der Waals surface area contributed by atoms with Gasteiger partial charge in [0.2, 0.25) is 11.8 Å². The summed E-state index contributed by atoms with van der Waals surface area (Å²) in [4.78, 5) is 25.2. The first-order chi connectivity index (χ1) is 7.63. The lowest BCUT2D eigenvalue weighted by atomic mass is 10.1. The molecule has 90 valence electrons. The van der Waals surface area contributed by atoms with Crippen molar-refractivity contribution in [3.63, 3.8) is 0 Å². The molecule has 2 atom stereocenters. The van der Waals surface area contributed by atoms with E-state index in [1.807, 2.05) is 0 Å². The molecule has 0 spiro atoms. The summed E-state index contributed by atoms with van der Waals surface area (Å²) >= 11 is 0. The summed E-state index contributed by atoms with van der Waals surface area (Å²) in [6, 6.07) is -0.615. The van der Waals surface area contributed by atoms with Crippen LogP contribution in [-0.2, 0) is 9.59 Å². The smallest absolute Gasteiger partial charge is 0.245 e. The average Bonchev–Trinajstić information content (AvgIpc) is 3.04. The van der Waals surface area contributed by atoms with E-state index in [0.29, 0.717) is 0 Å².